The van der Waals surface area contributed by atoms with E-state index in [2.05, 4.69) is 27.7 Å². The van der Waals surface area contributed by atoms with Gasteiger partial charge in [-0.15, -0.1) is 0 Å². The first-order valence-electron chi connectivity index (χ1n) is 11.2. The summed E-state index contributed by atoms with van der Waals surface area (Å²) in [5.41, 5.74) is -2.04. The van der Waals surface area contributed by atoms with E-state index in [1.807, 2.05) is 0 Å². The van der Waals surface area contributed by atoms with Gasteiger partial charge >= 0.3 is 6.18 Å². The van der Waals surface area contributed by atoms with Crippen molar-refractivity contribution < 1.29 is 18.3 Å². The largest absolute Gasteiger partial charge is 0.417 e. The molecule has 0 saturated heterocycles. The number of aliphatic hydroxyl groups is 1. The summed E-state index contributed by atoms with van der Waals surface area (Å²) in [5.74, 6) is 3.54. The van der Waals surface area contributed by atoms with E-state index < -0.39 is 11.8 Å². The van der Waals surface area contributed by atoms with Crippen molar-refractivity contribution in [2.45, 2.75) is 97.3 Å². The van der Waals surface area contributed by atoms with E-state index in [0.717, 1.165) is 30.6 Å². The number of hydrogen-bond donors (Lipinski definition) is 1. The van der Waals surface area contributed by atoms with Crippen LogP contribution >= 0.6 is 0 Å². The average molecular weight is 387 g/mol. The molecule has 4 heteroatoms. The number of halogens is 3. The normalized spacial score (nSPS) is 53.0. The van der Waals surface area contributed by atoms with E-state index in [9.17, 15) is 18.3 Å². The lowest BCUT2D eigenvalue weighted by Gasteiger charge is -2.62. The summed E-state index contributed by atoms with van der Waals surface area (Å²) in [4.78, 5) is 0. The van der Waals surface area contributed by atoms with Gasteiger partial charge in [0.15, 0.2) is 5.60 Å². The first-order valence-corrected chi connectivity index (χ1v) is 11.2. The molecule has 4 rings (SSSR count). The molecule has 0 aromatic rings. The molecular formula is C23H37F3O. The van der Waals surface area contributed by atoms with Crippen LogP contribution in [-0.4, -0.2) is 16.9 Å². The zero-order chi connectivity index (χ0) is 19.8. The molecule has 27 heavy (non-hydrogen) atoms. The van der Waals surface area contributed by atoms with Crippen LogP contribution in [0.1, 0.15) is 85.5 Å². The second-order valence-electron chi connectivity index (χ2n) is 11.4. The minimum atomic E-state index is -4.49. The van der Waals surface area contributed by atoms with Gasteiger partial charge < -0.3 is 5.11 Å². The highest BCUT2D eigenvalue weighted by Crippen LogP contribution is 2.69. The molecule has 0 aromatic carbocycles. The van der Waals surface area contributed by atoms with Crippen LogP contribution in [0.15, 0.2) is 0 Å². The Bertz CT molecular complexity index is 587. The number of alkyl halides is 3. The van der Waals surface area contributed by atoms with Gasteiger partial charge in [0.05, 0.1) is 0 Å². The fourth-order valence-electron chi connectivity index (χ4n) is 8.64. The maximum Gasteiger partial charge on any atom is 0.417 e. The van der Waals surface area contributed by atoms with Crippen molar-refractivity contribution in [2.75, 3.05) is 0 Å². The fourth-order valence-corrected chi connectivity index (χ4v) is 8.64. The van der Waals surface area contributed by atoms with Gasteiger partial charge in [0.1, 0.15) is 0 Å². The summed E-state index contributed by atoms with van der Waals surface area (Å²) in [5, 5.41) is 10.3. The van der Waals surface area contributed by atoms with E-state index in [0.29, 0.717) is 23.7 Å². The van der Waals surface area contributed by atoms with E-state index in [1.54, 1.807) is 0 Å². The third-order valence-electron chi connectivity index (χ3n) is 10.1. The predicted molar refractivity (Wildman–Crippen MR) is 101 cm³/mol. The van der Waals surface area contributed by atoms with Gasteiger partial charge in [-0.2, -0.15) is 13.2 Å². The van der Waals surface area contributed by atoms with Gasteiger partial charge in [-0.3, -0.25) is 0 Å². The zero-order valence-corrected chi connectivity index (χ0v) is 17.4. The van der Waals surface area contributed by atoms with Crippen LogP contribution in [0, 0.1) is 46.3 Å². The maximum atomic E-state index is 13.4. The maximum absolute atomic E-state index is 13.4. The Balaban J connectivity index is 1.58. The third-order valence-corrected chi connectivity index (χ3v) is 10.1. The lowest BCUT2D eigenvalue weighted by molar-refractivity contribution is -0.290. The Hall–Kier alpha value is -0.250. The topological polar surface area (TPSA) is 20.2 Å². The standard InChI is InChI=1S/C23H37F3O/c1-14(2)17-7-8-18-16-6-5-15-13-22(27,23(24,25)26)12-11-20(15,3)19(16)9-10-21(17,18)4/h14-19,27H,5-13H2,1-4H3/t15-,16+,17-,18+,19+,20+,21-,22-/m1/s1. The molecule has 0 bridgehead atoms. The van der Waals surface area contributed by atoms with Gasteiger partial charge in [-0.05, 0) is 104 Å². The zero-order valence-electron chi connectivity index (χ0n) is 17.4. The predicted octanol–water partition coefficient (Wildman–Crippen LogP) is 6.59. The minimum Gasteiger partial charge on any atom is -0.380 e. The summed E-state index contributed by atoms with van der Waals surface area (Å²) < 4.78 is 40.3. The second kappa shape index (κ2) is 6.12. The molecule has 4 aliphatic carbocycles. The quantitative estimate of drug-likeness (QED) is 0.538. The Morgan fingerprint density at radius 3 is 2.15 bits per heavy atom. The van der Waals surface area contributed by atoms with Crippen molar-refractivity contribution in [1.29, 1.82) is 0 Å². The van der Waals surface area contributed by atoms with Gasteiger partial charge in [0, 0.05) is 0 Å². The SMILES string of the molecule is CC(C)[C@H]1CC[C@H]2[C@@H]3CC[C@@H]4C[C@@](O)(C(F)(F)F)CC[C@]4(C)[C@H]3CC[C@]12C. The van der Waals surface area contributed by atoms with E-state index in [1.165, 1.54) is 25.7 Å². The highest BCUT2D eigenvalue weighted by molar-refractivity contribution is 5.11. The van der Waals surface area contributed by atoms with Crippen LogP contribution in [0.25, 0.3) is 0 Å². The van der Waals surface area contributed by atoms with Crippen LogP contribution in [0.3, 0.4) is 0 Å². The molecule has 0 unspecified atom stereocenters. The van der Waals surface area contributed by atoms with Gasteiger partial charge in [-0.25, -0.2) is 0 Å². The fraction of sp³-hybridized carbons (Fsp3) is 1.00. The molecule has 0 amide bonds. The van der Waals surface area contributed by atoms with Crippen molar-refractivity contribution in [3.8, 4) is 0 Å². The molecule has 8 atom stereocenters. The molecule has 1 N–H and O–H groups in total. The first kappa shape index (κ1) is 20.0. The number of hydrogen-bond acceptors (Lipinski definition) is 1. The van der Waals surface area contributed by atoms with Gasteiger partial charge in [0.25, 0.3) is 0 Å². The second-order valence-corrected chi connectivity index (χ2v) is 11.4. The Kier molecular flexibility index (Phi) is 4.55. The van der Waals surface area contributed by atoms with Crippen LogP contribution in [-0.2, 0) is 0 Å². The highest BCUT2D eigenvalue weighted by atomic mass is 19.4. The molecule has 4 saturated carbocycles. The van der Waals surface area contributed by atoms with Crippen molar-refractivity contribution in [3.05, 3.63) is 0 Å². The van der Waals surface area contributed by atoms with Crippen molar-refractivity contribution in [1.82, 2.24) is 0 Å². The number of rotatable bonds is 1. The molecule has 0 spiro atoms. The molecule has 1 nitrogen and oxygen atoms in total. The lowest BCUT2D eigenvalue weighted by atomic mass is 9.43. The third kappa shape index (κ3) is 2.74. The minimum absolute atomic E-state index is 0.0162. The smallest absolute Gasteiger partial charge is 0.380 e. The number of fused-ring (bicyclic) bond motifs is 5. The molecule has 4 aliphatic rings. The summed E-state index contributed by atoms with van der Waals surface area (Å²) in [6, 6.07) is 0. The molecule has 0 radical (unpaired) electrons. The van der Waals surface area contributed by atoms with Crippen molar-refractivity contribution >= 4 is 0 Å². The Morgan fingerprint density at radius 1 is 0.852 bits per heavy atom. The van der Waals surface area contributed by atoms with Crippen LogP contribution in [0.5, 0.6) is 0 Å². The van der Waals surface area contributed by atoms with Gasteiger partial charge in [-0.1, -0.05) is 27.7 Å². The lowest BCUT2D eigenvalue weighted by Crippen LogP contribution is -2.59. The van der Waals surface area contributed by atoms with Crippen LogP contribution in [0.4, 0.5) is 13.2 Å². The van der Waals surface area contributed by atoms with E-state index in [4.69, 9.17) is 0 Å². The van der Waals surface area contributed by atoms with Crippen molar-refractivity contribution in [3.63, 3.8) is 0 Å². The molecule has 4 fully saturated rings. The molecular weight excluding hydrogens is 349 g/mol. The summed E-state index contributed by atoms with van der Waals surface area (Å²) >= 11 is 0. The van der Waals surface area contributed by atoms with E-state index in [-0.39, 0.29) is 24.2 Å². The first-order chi connectivity index (χ1) is 12.4. The molecule has 0 aliphatic heterocycles. The van der Waals surface area contributed by atoms with Gasteiger partial charge in [0.2, 0.25) is 0 Å². The Labute approximate surface area is 162 Å². The summed E-state index contributed by atoms with van der Waals surface area (Å²) in [6.45, 7) is 9.51. The van der Waals surface area contributed by atoms with Crippen LogP contribution in [0.2, 0.25) is 0 Å². The van der Waals surface area contributed by atoms with E-state index >= 15 is 0 Å². The molecule has 0 aromatic heterocycles. The average Bonchev–Trinajstić information content (AvgIpc) is 2.92. The molecule has 156 valence electrons. The molecule has 0 heterocycles. The summed E-state index contributed by atoms with van der Waals surface area (Å²) in [7, 11) is 0. The van der Waals surface area contributed by atoms with Crippen LogP contribution < -0.4 is 0 Å². The summed E-state index contributed by atoms with van der Waals surface area (Å²) in [6.07, 6.45) is 2.86. The highest BCUT2D eigenvalue weighted by Gasteiger charge is 2.65. The Morgan fingerprint density at radius 2 is 1.52 bits per heavy atom. The monoisotopic (exact) mass is 386 g/mol. The van der Waals surface area contributed by atoms with Crippen molar-refractivity contribution in [2.24, 2.45) is 46.3 Å².